The molecule has 0 amide bonds. The van der Waals surface area contributed by atoms with Crippen molar-refractivity contribution >= 4 is 42.8 Å². The fourth-order valence-electron chi connectivity index (χ4n) is 2.36. The Morgan fingerprint density at radius 1 is 1.10 bits per heavy atom. The Bertz CT molecular complexity index is 829. The Hall–Kier alpha value is -1.17. The summed E-state index contributed by atoms with van der Waals surface area (Å²) in [6.07, 6.45) is 0. The van der Waals surface area contributed by atoms with E-state index in [0.29, 0.717) is 15.8 Å². The standard InChI is InChI=1S/C16H12Br2FNO/c1-8-4-11(18)5-9-6-14(21-16(8)9)15(20)12-3-2-10(17)7-13(12)19/h2-7,15H,20H2,1H3. The predicted octanol–water partition coefficient (Wildman–Crippen LogP) is 5.45. The molecule has 3 rings (SSSR count). The highest BCUT2D eigenvalue weighted by Gasteiger charge is 2.18. The molecule has 0 aliphatic carbocycles. The minimum absolute atomic E-state index is 0.352. The molecule has 2 N–H and O–H groups in total. The molecular weight excluding hydrogens is 401 g/mol. The molecule has 0 radical (unpaired) electrons. The summed E-state index contributed by atoms with van der Waals surface area (Å²) in [5, 5.41) is 0.949. The minimum atomic E-state index is -0.635. The van der Waals surface area contributed by atoms with E-state index in [1.54, 1.807) is 12.1 Å². The summed E-state index contributed by atoms with van der Waals surface area (Å²) in [4.78, 5) is 0. The second kappa shape index (κ2) is 5.55. The predicted molar refractivity (Wildman–Crippen MR) is 88.8 cm³/mol. The monoisotopic (exact) mass is 411 g/mol. The van der Waals surface area contributed by atoms with Crippen LogP contribution in [0.25, 0.3) is 11.0 Å². The van der Waals surface area contributed by atoms with E-state index in [2.05, 4.69) is 31.9 Å². The van der Waals surface area contributed by atoms with Crippen LogP contribution in [-0.2, 0) is 0 Å². The highest BCUT2D eigenvalue weighted by atomic mass is 79.9. The zero-order chi connectivity index (χ0) is 15.1. The summed E-state index contributed by atoms with van der Waals surface area (Å²) >= 11 is 6.69. The van der Waals surface area contributed by atoms with Crippen molar-refractivity contribution in [2.24, 2.45) is 5.73 Å². The van der Waals surface area contributed by atoms with Gasteiger partial charge in [-0.2, -0.15) is 0 Å². The van der Waals surface area contributed by atoms with E-state index in [1.165, 1.54) is 6.07 Å². The first-order valence-corrected chi connectivity index (χ1v) is 7.94. The molecule has 0 aliphatic rings. The van der Waals surface area contributed by atoms with Gasteiger partial charge in [-0.3, -0.25) is 0 Å². The molecule has 0 saturated carbocycles. The van der Waals surface area contributed by atoms with Gasteiger partial charge in [0, 0.05) is 19.9 Å². The summed E-state index contributed by atoms with van der Waals surface area (Å²) < 4.78 is 21.5. The third kappa shape index (κ3) is 2.78. The quantitative estimate of drug-likeness (QED) is 0.607. The maximum absolute atomic E-state index is 14.0. The van der Waals surface area contributed by atoms with Gasteiger partial charge in [0.15, 0.2) is 0 Å². The molecule has 0 aliphatic heterocycles. The van der Waals surface area contributed by atoms with Crippen LogP contribution >= 0.6 is 31.9 Å². The van der Waals surface area contributed by atoms with Crippen molar-refractivity contribution in [3.8, 4) is 0 Å². The van der Waals surface area contributed by atoms with Crippen molar-refractivity contribution in [1.82, 2.24) is 0 Å². The third-order valence-electron chi connectivity index (χ3n) is 3.39. The first-order valence-electron chi connectivity index (χ1n) is 6.36. The highest BCUT2D eigenvalue weighted by Crippen LogP contribution is 2.32. The van der Waals surface area contributed by atoms with E-state index in [1.807, 2.05) is 25.1 Å². The van der Waals surface area contributed by atoms with E-state index < -0.39 is 6.04 Å². The number of benzene rings is 2. The van der Waals surface area contributed by atoms with Crippen LogP contribution in [0, 0.1) is 12.7 Å². The maximum Gasteiger partial charge on any atom is 0.137 e. The minimum Gasteiger partial charge on any atom is -0.459 e. The summed E-state index contributed by atoms with van der Waals surface area (Å²) in [7, 11) is 0. The van der Waals surface area contributed by atoms with Crippen LogP contribution in [0.4, 0.5) is 4.39 Å². The van der Waals surface area contributed by atoms with E-state index in [-0.39, 0.29) is 5.82 Å². The van der Waals surface area contributed by atoms with E-state index >= 15 is 0 Å². The number of rotatable bonds is 2. The Kier molecular flexibility index (Phi) is 3.90. The summed E-state index contributed by atoms with van der Waals surface area (Å²) in [6.45, 7) is 1.96. The van der Waals surface area contributed by atoms with Crippen molar-refractivity contribution < 1.29 is 8.81 Å². The molecule has 3 aromatic rings. The first-order chi connectivity index (χ1) is 9.95. The molecule has 1 aromatic heterocycles. The van der Waals surface area contributed by atoms with Crippen LogP contribution in [0.2, 0.25) is 0 Å². The summed E-state index contributed by atoms with van der Waals surface area (Å²) in [5.74, 6) is 0.197. The van der Waals surface area contributed by atoms with Gasteiger partial charge in [0.1, 0.15) is 17.2 Å². The fraction of sp³-hybridized carbons (Fsp3) is 0.125. The zero-order valence-corrected chi connectivity index (χ0v) is 14.3. The fourth-order valence-corrected chi connectivity index (χ4v) is 3.29. The molecule has 21 heavy (non-hydrogen) atoms. The van der Waals surface area contributed by atoms with Gasteiger partial charge in [0.2, 0.25) is 0 Å². The Morgan fingerprint density at radius 2 is 1.86 bits per heavy atom. The molecule has 108 valence electrons. The van der Waals surface area contributed by atoms with Crippen molar-refractivity contribution in [1.29, 1.82) is 0 Å². The number of halogens is 3. The normalized spacial score (nSPS) is 12.8. The van der Waals surface area contributed by atoms with Gasteiger partial charge in [-0.15, -0.1) is 0 Å². The Balaban J connectivity index is 2.09. The summed E-state index contributed by atoms with van der Waals surface area (Å²) in [6, 6.07) is 9.99. The van der Waals surface area contributed by atoms with Gasteiger partial charge in [-0.05, 0) is 42.8 Å². The molecule has 0 saturated heterocycles. The summed E-state index contributed by atoms with van der Waals surface area (Å²) in [5.41, 5.74) is 8.36. The van der Waals surface area contributed by atoms with Crippen LogP contribution in [-0.4, -0.2) is 0 Å². The third-order valence-corrected chi connectivity index (χ3v) is 4.34. The topological polar surface area (TPSA) is 39.2 Å². The van der Waals surface area contributed by atoms with Crippen molar-refractivity contribution in [2.45, 2.75) is 13.0 Å². The van der Waals surface area contributed by atoms with Gasteiger partial charge in [-0.25, -0.2) is 4.39 Å². The number of furan rings is 1. The van der Waals surface area contributed by atoms with Crippen LogP contribution in [0.5, 0.6) is 0 Å². The Morgan fingerprint density at radius 3 is 2.57 bits per heavy atom. The first kappa shape index (κ1) is 14.8. The molecular formula is C16H12Br2FNO. The van der Waals surface area contributed by atoms with Gasteiger partial charge < -0.3 is 10.2 Å². The van der Waals surface area contributed by atoms with E-state index in [4.69, 9.17) is 10.2 Å². The molecule has 1 atom stereocenters. The van der Waals surface area contributed by atoms with Gasteiger partial charge in [-0.1, -0.05) is 37.9 Å². The van der Waals surface area contributed by atoms with E-state index in [0.717, 1.165) is 21.0 Å². The molecule has 0 spiro atoms. The van der Waals surface area contributed by atoms with Crippen LogP contribution in [0.15, 0.2) is 49.8 Å². The SMILES string of the molecule is Cc1cc(Br)cc2cc(C(N)c3ccc(Br)cc3F)oc12. The average Bonchev–Trinajstić information content (AvgIpc) is 2.82. The van der Waals surface area contributed by atoms with Crippen molar-refractivity contribution in [3.63, 3.8) is 0 Å². The van der Waals surface area contributed by atoms with Gasteiger partial charge in [0.05, 0.1) is 6.04 Å². The highest BCUT2D eigenvalue weighted by molar-refractivity contribution is 9.10. The molecule has 1 unspecified atom stereocenters. The second-order valence-corrected chi connectivity index (χ2v) is 6.76. The number of hydrogen-bond acceptors (Lipinski definition) is 2. The van der Waals surface area contributed by atoms with Crippen LogP contribution in [0.1, 0.15) is 22.9 Å². The number of fused-ring (bicyclic) bond motifs is 1. The van der Waals surface area contributed by atoms with Gasteiger partial charge in [0.25, 0.3) is 0 Å². The van der Waals surface area contributed by atoms with Crippen molar-refractivity contribution in [3.05, 3.63) is 68.0 Å². The van der Waals surface area contributed by atoms with Gasteiger partial charge >= 0.3 is 0 Å². The lowest BCUT2D eigenvalue weighted by molar-refractivity contribution is 0.509. The Labute approximate surface area is 138 Å². The molecule has 2 aromatic carbocycles. The number of aryl methyl sites for hydroxylation is 1. The number of nitrogens with two attached hydrogens (primary N) is 1. The van der Waals surface area contributed by atoms with Crippen molar-refractivity contribution in [2.75, 3.05) is 0 Å². The molecule has 1 heterocycles. The lowest BCUT2D eigenvalue weighted by Crippen LogP contribution is -2.12. The lowest BCUT2D eigenvalue weighted by atomic mass is 10.0. The number of hydrogen-bond donors (Lipinski definition) is 1. The van der Waals surface area contributed by atoms with E-state index in [9.17, 15) is 4.39 Å². The van der Waals surface area contributed by atoms with Crippen LogP contribution in [0.3, 0.4) is 0 Å². The molecule has 5 heteroatoms. The smallest absolute Gasteiger partial charge is 0.137 e. The molecule has 0 fully saturated rings. The lowest BCUT2D eigenvalue weighted by Gasteiger charge is -2.10. The largest absolute Gasteiger partial charge is 0.459 e. The zero-order valence-electron chi connectivity index (χ0n) is 11.2. The maximum atomic E-state index is 14.0. The molecule has 2 nitrogen and oxygen atoms in total. The molecule has 0 bridgehead atoms. The van der Waals surface area contributed by atoms with Crippen LogP contribution < -0.4 is 5.73 Å². The second-order valence-electron chi connectivity index (χ2n) is 4.93. The average molecular weight is 413 g/mol.